The molecule has 0 spiro atoms. The molecule has 1 N–H and O–H groups in total. The van der Waals surface area contributed by atoms with Crippen LogP contribution in [0.5, 0.6) is 0 Å². The van der Waals surface area contributed by atoms with Crippen LogP contribution in [0.1, 0.15) is 17.3 Å². The zero-order valence-electron chi connectivity index (χ0n) is 14.5. The molecule has 0 unspecified atom stereocenters. The summed E-state index contributed by atoms with van der Waals surface area (Å²) in [7, 11) is 0. The van der Waals surface area contributed by atoms with Crippen LogP contribution in [-0.2, 0) is 14.3 Å². The van der Waals surface area contributed by atoms with E-state index in [1.807, 2.05) is 0 Å². The molecule has 27 heavy (non-hydrogen) atoms. The van der Waals surface area contributed by atoms with Gasteiger partial charge in [0, 0.05) is 17.1 Å². The van der Waals surface area contributed by atoms with Crippen LogP contribution in [0.25, 0.3) is 0 Å². The van der Waals surface area contributed by atoms with Gasteiger partial charge in [0.25, 0.3) is 5.91 Å². The Morgan fingerprint density at radius 1 is 1.22 bits per heavy atom. The molecular formula is C19H17FN2O4S. The lowest BCUT2D eigenvalue weighted by atomic mass is 10.2. The van der Waals surface area contributed by atoms with Gasteiger partial charge < -0.3 is 15.0 Å². The van der Waals surface area contributed by atoms with Crippen molar-refractivity contribution in [3.05, 3.63) is 53.8 Å². The minimum atomic E-state index is -0.661. The van der Waals surface area contributed by atoms with E-state index in [0.717, 1.165) is 4.90 Å². The normalized spacial score (nSPS) is 12.7. The van der Waals surface area contributed by atoms with E-state index in [4.69, 9.17) is 4.74 Å². The van der Waals surface area contributed by atoms with Gasteiger partial charge in [-0.05, 0) is 49.4 Å². The summed E-state index contributed by atoms with van der Waals surface area (Å²) >= 11 is 1.39. The Hall–Kier alpha value is -2.87. The number of amides is 2. The second-order valence-corrected chi connectivity index (χ2v) is 6.76. The van der Waals surface area contributed by atoms with Crippen LogP contribution < -0.4 is 10.2 Å². The summed E-state index contributed by atoms with van der Waals surface area (Å²) in [5, 5.41) is 2.70. The predicted molar refractivity (Wildman–Crippen MR) is 101 cm³/mol. The van der Waals surface area contributed by atoms with E-state index in [9.17, 15) is 18.8 Å². The number of fused-ring (bicyclic) bond motifs is 1. The second-order valence-electron chi connectivity index (χ2n) is 5.74. The van der Waals surface area contributed by atoms with E-state index < -0.39 is 24.3 Å². The fourth-order valence-corrected chi connectivity index (χ4v) is 3.41. The first-order valence-corrected chi connectivity index (χ1v) is 9.26. The highest BCUT2D eigenvalue weighted by Gasteiger charge is 2.20. The third kappa shape index (κ3) is 4.46. The van der Waals surface area contributed by atoms with Crippen molar-refractivity contribution >= 4 is 40.9 Å². The third-order valence-corrected chi connectivity index (χ3v) is 5.00. The van der Waals surface area contributed by atoms with E-state index in [1.165, 1.54) is 47.0 Å². The first-order valence-electron chi connectivity index (χ1n) is 8.27. The molecule has 0 aromatic heterocycles. The number of halogens is 1. The van der Waals surface area contributed by atoms with Crippen molar-refractivity contribution in [1.29, 1.82) is 0 Å². The minimum absolute atomic E-state index is 0.133. The fraction of sp³-hybridized carbons (Fsp3) is 0.211. The minimum Gasteiger partial charge on any atom is -0.452 e. The number of nitrogens with zero attached hydrogens (tertiary/aromatic N) is 1. The monoisotopic (exact) mass is 388 g/mol. The van der Waals surface area contributed by atoms with Crippen molar-refractivity contribution < 1.29 is 23.5 Å². The molecule has 0 aliphatic carbocycles. The van der Waals surface area contributed by atoms with E-state index >= 15 is 0 Å². The number of likely N-dealkylation sites (N-methyl/N-ethyl adjacent to an activating group) is 1. The van der Waals surface area contributed by atoms with Crippen molar-refractivity contribution in [3.8, 4) is 0 Å². The van der Waals surface area contributed by atoms with Gasteiger partial charge in [0.05, 0.1) is 17.0 Å². The van der Waals surface area contributed by atoms with E-state index in [1.54, 1.807) is 19.1 Å². The van der Waals surface area contributed by atoms with Crippen molar-refractivity contribution in [2.24, 2.45) is 0 Å². The smallest absolute Gasteiger partial charge is 0.338 e. The van der Waals surface area contributed by atoms with Gasteiger partial charge in [0.15, 0.2) is 6.61 Å². The molecule has 1 heterocycles. The highest BCUT2D eigenvalue weighted by atomic mass is 32.2. The quantitative estimate of drug-likeness (QED) is 0.797. The summed E-state index contributed by atoms with van der Waals surface area (Å²) in [6.07, 6.45) is 0. The van der Waals surface area contributed by atoms with E-state index in [-0.39, 0.29) is 11.5 Å². The van der Waals surface area contributed by atoms with Crippen molar-refractivity contribution in [2.45, 2.75) is 11.8 Å². The number of thioether (sulfide) groups is 1. The van der Waals surface area contributed by atoms with E-state index in [0.29, 0.717) is 23.7 Å². The molecule has 0 radical (unpaired) electrons. The number of nitrogens with one attached hydrogen (secondary N) is 1. The molecule has 8 heteroatoms. The first-order chi connectivity index (χ1) is 13.0. The van der Waals surface area contributed by atoms with Crippen LogP contribution in [0.4, 0.5) is 15.8 Å². The maximum atomic E-state index is 13.0. The third-order valence-electron chi connectivity index (χ3n) is 3.93. The number of benzene rings is 2. The molecule has 0 saturated heterocycles. The van der Waals surface area contributed by atoms with Gasteiger partial charge in [-0.25, -0.2) is 9.18 Å². The molecule has 2 amide bonds. The number of rotatable bonds is 5. The van der Waals surface area contributed by atoms with Crippen LogP contribution in [0.15, 0.2) is 47.4 Å². The number of hydrogen-bond acceptors (Lipinski definition) is 5. The lowest BCUT2D eigenvalue weighted by molar-refractivity contribution is -0.121. The zero-order valence-corrected chi connectivity index (χ0v) is 15.3. The van der Waals surface area contributed by atoms with Gasteiger partial charge in [0.1, 0.15) is 5.82 Å². The molecule has 0 saturated carbocycles. The molecule has 0 fully saturated rings. The number of hydrogen-bond donors (Lipinski definition) is 1. The summed E-state index contributed by atoms with van der Waals surface area (Å²) in [5.41, 5.74) is 1.32. The SMILES string of the molecule is CCN(C(=O)COC(=O)c1ccc2c(c1)NC(=O)CS2)c1ccc(F)cc1. The topological polar surface area (TPSA) is 75.7 Å². The van der Waals surface area contributed by atoms with Crippen molar-refractivity contribution in [3.63, 3.8) is 0 Å². The molecule has 140 valence electrons. The van der Waals surface area contributed by atoms with Crippen LogP contribution in [0, 0.1) is 5.82 Å². The number of ether oxygens (including phenoxy) is 1. The van der Waals surface area contributed by atoms with Gasteiger partial charge in [-0.1, -0.05) is 0 Å². The molecule has 1 aliphatic rings. The molecular weight excluding hydrogens is 371 g/mol. The first kappa shape index (κ1) is 18.9. The predicted octanol–water partition coefficient (Wildman–Crippen LogP) is 3.08. The molecule has 2 aromatic rings. The Bertz CT molecular complexity index is 886. The molecule has 1 aliphatic heterocycles. The summed E-state index contributed by atoms with van der Waals surface area (Å²) in [5.74, 6) is -1.27. The van der Waals surface area contributed by atoms with Crippen LogP contribution in [0.2, 0.25) is 0 Å². The summed E-state index contributed by atoms with van der Waals surface area (Å²) in [6.45, 7) is 1.68. The Balaban J connectivity index is 1.64. The fourth-order valence-electron chi connectivity index (χ4n) is 2.62. The Morgan fingerprint density at radius 3 is 2.67 bits per heavy atom. The molecule has 0 atom stereocenters. The Morgan fingerprint density at radius 2 is 1.96 bits per heavy atom. The van der Waals surface area contributed by atoms with Crippen LogP contribution >= 0.6 is 11.8 Å². The summed E-state index contributed by atoms with van der Waals surface area (Å²) < 4.78 is 18.2. The van der Waals surface area contributed by atoms with Gasteiger partial charge in [0.2, 0.25) is 5.91 Å². The average Bonchev–Trinajstić information content (AvgIpc) is 2.67. The average molecular weight is 388 g/mol. The maximum absolute atomic E-state index is 13.0. The van der Waals surface area contributed by atoms with Gasteiger partial charge in [-0.15, -0.1) is 11.8 Å². The standard InChI is InChI=1S/C19H17FN2O4S/c1-2-22(14-6-4-13(20)5-7-14)18(24)10-26-19(25)12-3-8-16-15(9-12)21-17(23)11-27-16/h3-9H,2,10-11H2,1H3,(H,21,23). The number of esters is 1. The Labute approximate surface area is 159 Å². The molecule has 3 rings (SSSR count). The number of carbonyl (C=O) groups excluding carboxylic acids is 3. The van der Waals surface area contributed by atoms with Gasteiger partial charge >= 0.3 is 5.97 Å². The lowest BCUT2D eigenvalue weighted by Gasteiger charge is -2.21. The largest absolute Gasteiger partial charge is 0.452 e. The lowest BCUT2D eigenvalue weighted by Crippen LogP contribution is -2.34. The maximum Gasteiger partial charge on any atom is 0.338 e. The summed E-state index contributed by atoms with van der Waals surface area (Å²) in [6, 6.07) is 10.4. The summed E-state index contributed by atoms with van der Waals surface area (Å²) in [4.78, 5) is 38.3. The number of carbonyl (C=O) groups is 3. The van der Waals surface area contributed by atoms with Crippen LogP contribution in [0.3, 0.4) is 0 Å². The van der Waals surface area contributed by atoms with Crippen molar-refractivity contribution in [2.75, 3.05) is 29.1 Å². The number of anilines is 2. The highest BCUT2D eigenvalue weighted by molar-refractivity contribution is 8.00. The van der Waals surface area contributed by atoms with Crippen molar-refractivity contribution in [1.82, 2.24) is 0 Å². The second kappa shape index (κ2) is 8.22. The molecule has 6 nitrogen and oxygen atoms in total. The van der Waals surface area contributed by atoms with Gasteiger partial charge in [-0.3, -0.25) is 9.59 Å². The molecule has 2 aromatic carbocycles. The van der Waals surface area contributed by atoms with Gasteiger partial charge in [-0.2, -0.15) is 0 Å². The van der Waals surface area contributed by atoms with E-state index in [2.05, 4.69) is 5.32 Å². The molecule has 0 bridgehead atoms. The highest BCUT2D eigenvalue weighted by Crippen LogP contribution is 2.32. The van der Waals surface area contributed by atoms with Crippen LogP contribution in [-0.4, -0.2) is 36.7 Å². The Kier molecular flexibility index (Phi) is 5.75. The zero-order chi connectivity index (χ0) is 19.4.